The normalized spacial score (nSPS) is 16.4. The van der Waals surface area contributed by atoms with Crippen molar-refractivity contribution in [1.29, 1.82) is 0 Å². The summed E-state index contributed by atoms with van der Waals surface area (Å²) < 4.78 is 0. The number of rotatable bonds is 6. The molecular weight excluding hydrogens is 390 g/mol. The van der Waals surface area contributed by atoms with Crippen molar-refractivity contribution in [3.8, 4) is 0 Å². The molecule has 0 aliphatic carbocycles. The van der Waals surface area contributed by atoms with Crippen LogP contribution in [0.2, 0.25) is 5.02 Å². The molecule has 1 aliphatic rings. The average Bonchev–Trinajstić information content (AvgIpc) is 3.01. The standard InChI is InChI=1S/C21H30ClN5S/c1-15-20(28-16(2)25-15)8-11-24-21(23-3)26-19-9-12-27(13-10-19)14-17-4-6-18(22)7-5-17/h4-7,19H,8-14H2,1-3H3,(H2,23,24,26). The van der Waals surface area contributed by atoms with Gasteiger partial charge in [0.15, 0.2) is 5.96 Å². The number of nitrogens with zero attached hydrogens (tertiary/aromatic N) is 3. The Morgan fingerprint density at radius 1 is 1.25 bits per heavy atom. The molecule has 1 aromatic carbocycles. The monoisotopic (exact) mass is 419 g/mol. The van der Waals surface area contributed by atoms with Crippen LogP contribution < -0.4 is 10.6 Å². The van der Waals surface area contributed by atoms with Crippen LogP contribution in [-0.2, 0) is 13.0 Å². The highest BCUT2D eigenvalue weighted by atomic mass is 35.5. The quantitative estimate of drug-likeness (QED) is 0.552. The van der Waals surface area contributed by atoms with Gasteiger partial charge in [0, 0.05) is 55.6 Å². The Labute approximate surface area is 177 Å². The first-order valence-electron chi connectivity index (χ1n) is 9.90. The zero-order valence-corrected chi connectivity index (χ0v) is 18.5. The van der Waals surface area contributed by atoms with Crippen LogP contribution in [0.1, 0.15) is 34.0 Å². The average molecular weight is 420 g/mol. The molecule has 0 radical (unpaired) electrons. The summed E-state index contributed by atoms with van der Waals surface area (Å²) in [5, 5.41) is 8.97. The number of hydrogen-bond donors (Lipinski definition) is 2. The Balaban J connectivity index is 1.39. The number of nitrogens with one attached hydrogen (secondary N) is 2. The van der Waals surface area contributed by atoms with E-state index >= 15 is 0 Å². The molecule has 0 bridgehead atoms. The summed E-state index contributed by atoms with van der Waals surface area (Å²) in [5.74, 6) is 0.898. The fourth-order valence-corrected chi connectivity index (χ4v) is 4.63. The second kappa shape index (κ2) is 10.2. The highest BCUT2D eigenvalue weighted by Crippen LogP contribution is 2.17. The number of aryl methyl sites for hydroxylation is 2. The minimum Gasteiger partial charge on any atom is -0.356 e. The van der Waals surface area contributed by atoms with Gasteiger partial charge in [-0.25, -0.2) is 4.98 Å². The maximum atomic E-state index is 5.97. The van der Waals surface area contributed by atoms with E-state index in [9.17, 15) is 0 Å². The maximum absolute atomic E-state index is 5.97. The molecule has 1 aliphatic heterocycles. The molecule has 5 nitrogen and oxygen atoms in total. The Kier molecular flexibility index (Phi) is 7.71. The summed E-state index contributed by atoms with van der Waals surface area (Å²) in [6.45, 7) is 8.20. The molecule has 0 unspecified atom stereocenters. The summed E-state index contributed by atoms with van der Waals surface area (Å²) in [5.41, 5.74) is 2.47. The molecule has 0 amide bonds. The van der Waals surface area contributed by atoms with Gasteiger partial charge in [0.2, 0.25) is 0 Å². The number of aromatic nitrogens is 1. The molecule has 1 aromatic heterocycles. The van der Waals surface area contributed by atoms with Crippen molar-refractivity contribution in [2.24, 2.45) is 4.99 Å². The van der Waals surface area contributed by atoms with Gasteiger partial charge >= 0.3 is 0 Å². The van der Waals surface area contributed by atoms with Crippen LogP contribution >= 0.6 is 22.9 Å². The molecule has 0 atom stereocenters. The molecule has 1 saturated heterocycles. The van der Waals surface area contributed by atoms with E-state index in [1.807, 2.05) is 19.2 Å². The van der Waals surface area contributed by atoms with E-state index in [-0.39, 0.29) is 0 Å². The van der Waals surface area contributed by atoms with Crippen molar-refractivity contribution in [2.75, 3.05) is 26.7 Å². The number of benzene rings is 1. The summed E-state index contributed by atoms with van der Waals surface area (Å²) in [6, 6.07) is 8.64. The molecule has 0 spiro atoms. The van der Waals surface area contributed by atoms with Crippen molar-refractivity contribution >= 4 is 28.9 Å². The van der Waals surface area contributed by atoms with Crippen LogP contribution in [0.25, 0.3) is 0 Å². The summed E-state index contributed by atoms with van der Waals surface area (Å²) in [7, 11) is 1.84. The summed E-state index contributed by atoms with van der Waals surface area (Å²) in [4.78, 5) is 12.8. The molecule has 1 fully saturated rings. The van der Waals surface area contributed by atoms with Crippen LogP contribution in [0.4, 0.5) is 0 Å². The lowest BCUT2D eigenvalue weighted by Crippen LogP contribution is -2.48. The zero-order valence-electron chi connectivity index (χ0n) is 17.0. The molecule has 2 heterocycles. The number of piperidine rings is 1. The van der Waals surface area contributed by atoms with E-state index < -0.39 is 0 Å². The molecule has 28 heavy (non-hydrogen) atoms. The van der Waals surface area contributed by atoms with Gasteiger partial charge in [-0.05, 0) is 44.4 Å². The highest BCUT2D eigenvalue weighted by Gasteiger charge is 2.20. The third-order valence-corrected chi connectivity index (χ3v) is 6.50. The molecule has 2 aromatic rings. The predicted molar refractivity (Wildman–Crippen MR) is 120 cm³/mol. The molecule has 0 saturated carbocycles. The second-order valence-corrected chi connectivity index (χ2v) is 9.04. The minimum absolute atomic E-state index is 0.472. The smallest absolute Gasteiger partial charge is 0.191 e. The fraction of sp³-hybridized carbons (Fsp3) is 0.524. The first-order chi connectivity index (χ1) is 13.5. The van der Waals surface area contributed by atoms with Crippen LogP contribution in [-0.4, -0.2) is 48.6 Å². The number of hydrogen-bond acceptors (Lipinski definition) is 4. The number of aliphatic imine (C=N–C) groups is 1. The van der Waals surface area contributed by atoms with E-state index in [2.05, 4.69) is 51.5 Å². The molecule has 7 heteroatoms. The van der Waals surface area contributed by atoms with Gasteiger partial charge in [0.25, 0.3) is 0 Å². The molecular formula is C21H30ClN5S. The van der Waals surface area contributed by atoms with E-state index in [0.717, 1.165) is 67.1 Å². The van der Waals surface area contributed by atoms with E-state index in [1.54, 1.807) is 11.3 Å². The lowest BCUT2D eigenvalue weighted by atomic mass is 10.0. The van der Waals surface area contributed by atoms with Gasteiger partial charge in [-0.1, -0.05) is 23.7 Å². The molecule has 3 rings (SSSR count). The SMILES string of the molecule is CN=C(NCCc1sc(C)nc1C)NC1CCN(Cc2ccc(Cl)cc2)CC1. The van der Waals surface area contributed by atoms with Crippen molar-refractivity contribution in [2.45, 2.75) is 45.7 Å². The number of thiazole rings is 1. The topological polar surface area (TPSA) is 52.6 Å². The first kappa shape index (κ1) is 21.1. The van der Waals surface area contributed by atoms with Crippen LogP contribution in [0.3, 0.4) is 0 Å². The van der Waals surface area contributed by atoms with Gasteiger partial charge in [0.1, 0.15) is 0 Å². The fourth-order valence-electron chi connectivity index (χ4n) is 3.57. The van der Waals surface area contributed by atoms with Crippen molar-refractivity contribution < 1.29 is 0 Å². The van der Waals surface area contributed by atoms with E-state index in [0.29, 0.717) is 6.04 Å². The number of likely N-dealkylation sites (tertiary alicyclic amines) is 1. The summed E-state index contributed by atoms with van der Waals surface area (Å²) >= 11 is 7.76. The van der Waals surface area contributed by atoms with Crippen molar-refractivity contribution in [3.63, 3.8) is 0 Å². The Bertz CT molecular complexity index is 779. The third kappa shape index (κ3) is 6.19. The Morgan fingerprint density at radius 3 is 2.57 bits per heavy atom. The Morgan fingerprint density at radius 2 is 1.96 bits per heavy atom. The van der Waals surface area contributed by atoms with Gasteiger partial charge in [-0.15, -0.1) is 11.3 Å². The van der Waals surface area contributed by atoms with Gasteiger partial charge in [-0.3, -0.25) is 9.89 Å². The lowest BCUT2D eigenvalue weighted by Gasteiger charge is -2.33. The maximum Gasteiger partial charge on any atom is 0.191 e. The lowest BCUT2D eigenvalue weighted by molar-refractivity contribution is 0.198. The van der Waals surface area contributed by atoms with Crippen LogP contribution in [0.5, 0.6) is 0 Å². The number of guanidine groups is 1. The van der Waals surface area contributed by atoms with Crippen molar-refractivity contribution in [1.82, 2.24) is 20.5 Å². The highest BCUT2D eigenvalue weighted by molar-refractivity contribution is 7.11. The van der Waals surface area contributed by atoms with Gasteiger partial charge < -0.3 is 10.6 Å². The van der Waals surface area contributed by atoms with Crippen LogP contribution in [0.15, 0.2) is 29.3 Å². The van der Waals surface area contributed by atoms with Gasteiger partial charge in [0.05, 0.1) is 10.7 Å². The van der Waals surface area contributed by atoms with Crippen molar-refractivity contribution in [3.05, 3.63) is 50.4 Å². The largest absolute Gasteiger partial charge is 0.356 e. The predicted octanol–water partition coefficient (Wildman–Crippen LogP) is 3.79. The van der Waals surface area contributed by atoms with Crippen LogP contribution in [0, 0.1) is 13.8 Å². The Hall–Kier alpha value is -1.63. The number of halogens is 1. The van der Waals surface area contributed by atoms with E-state index in [4.69, 9.17) is 11.6 Å². The first-order valence-corrected chi connectivity index (χ1v) is 11.1. The molecule has 152 valence electrons. The van der Waals surface area contributed by atoms with E-state index in [1.165, 1.54) is 10.4 Å². The summed E-state index contributed by atoms with van der Waals surface area (Å²) in [6.07, 6.45) is 3.24. The molecule has 2 N–H and O–H groups in total. The zero-order chi connectivity index (χ0) is 19.9. The van der Waals surface area contributed by atoms with Gasteiger partial charge in [-0.2, -0.15) is 0 Å². The third-order valence-electron chi connectivity index (χ3n) is 5.12. The second-order valence-electron chi connectivity index (χ2n) is 7.31. The minimum atomic E-state index is 0.472.